The zero-order chi connectivity index (χ0) is 54.2. The quantitative estimate of drug-likeness (QED) is 0.0243. The van der Waals surface area contributed by atoms with Gasteiger partial charge in [0.15, 0.2) is 0 Å². The van der Waals surface area contributed by atoms with E-state index in [-0.39, 0.29) is 19.1 Å². The summed E-state index contributed by atoms with van der Waals surface area (Å²) in [4.78, 5) is 23.3. The first kappa shape index (κ1) is 71.9. The number of amides is 1. The van der Waals surface area contributed by atoms with E-state index in [1.165, 1.54) is 205 Å². The van der Waals surface area contributed by atoms with Gasteiger partial charge in [-0.1, -0.05) is 267 Å². The maximum absolute atomic E-state index is 13.0. The number of hydrogen-bond donors (Lipinski definition) is 3. The highest BCUT2D eigenvalue weighted by Gasteiger charge is 2.27. The van der Waals surface area contributed by atoms with E-state index in [4.69, 9.17) is 9.05 Å². The van der Waals surface area contributed by atoms with Crippen molar-refractivity contribution in [2.45, 2.75) is 296 Å². The predicted molar refractivity (Wildman–Crippen MR) is 323 cm³/mol. The van der Waals surface area contributed by atoms with Crippen LogP contribution in [0.1, 0.15) is 284 Å². The lowest BCUT2D eigenvalue weighted by Crippen LogP contribution is -2.45. The number of phosphoric ester groups is 1. The zero-order valence-electron chi connectivity index (χ0n) is 49.3. The molecule has 0 radical (unpaired) electrons. The van der Waals surface area contributed by atoms with Crippen molar-refractivity contribution >= 4 is 13.7 Å². The van der Waals surface area contributed by atoms with Gasteiger partial charge >= 0.3 is 7.82 Å². The number of phosphoric acid groups is 1. The minimum Gasteiger partial charge on any atom is -0.387 e. The van der Waals surface area contributed by atoms with E-state index < -0.39 is 20.0 Å². The first-order valence-corrected chi connectivity index (χ1v) is 32.8. The van der Waals surface area contributed by atoms with Crippen LogP contribution in [0.4, 0.5) is 0 Å². The van der Waals surface area contributed by atoms with Gasteiger partial charge in [0.2, 0.25) is 5.91 Å². The molecule has 3 atom stereocenters. The number of nitrogens with one attached hydrogen (secondary N) is 1. The van der Waals surface area contributed by atoms with Crippen LogP contribution in [0.2, 0.25) is 0 Å². The maximum atomic E-state index is 13.0. The molecule has 0 aliphatic rings. The lowest BCUT2D eigenvalue weighted by Gasteiger charge is -2.25. The molecular formula is C65H122N2O6P+. The number of hydrogen-bond acceptors (Lipinski definition) is 5. The van der Waals surface area contributed by atoms with Gasteiger partial charge in [-0.15, -0.1) is 0 Å². The van der Waals surface area contributed by atoms with Crippen LogP contribution >= 0.6 is 7.82 Å². The van der Waals surface area contributed by atoms with Crippen molar-refractivity contribution < 1.29 is 32.9 Å². The van der Waals surface area contributed by atoms with Crippen molar-refractivity contribution in [2.24, 2.45) is 0 Å². The van der Waals surface area contributed by atoms with Crippen LogP contribution in [0, 0.1) is 0 Å². The Morgan fingerprint density at radius 1 is 0.459 bits per heavy atom. The molecule has 3 N–H and O–H groups in total. The van der Waals surface area contributed by atoms with Crippen molar-refractivity contribution in [3.05, 3.63) is 72.9 Å². The topological polar surface area (TPSA) is 105 Å². The second-order valence-corrected chi connectivity index (χ2v) is 23.9. The Labute approximate surface area is 459 Å². The summed E-state index contributed by atoms with van der Waals surface area (Å²) in [6.07, 6.45) is 77.5. The molecule has 0 saturated carbocycles. The Morgan fingerprint density at radius 3 is 1.18 bits per heavy atom. The van der Waals surface area contributed by atoms with Gasteiger partial charge in [-0.25, -0.2) is 4.57 Å². The standard InChI is InChI=1S/C65H121N2O6P/c1-6-8-10-12-14-16-18-20-22-24-25-26-27-28-29-30-31-32-33-34-35-36-37-38-39-40-41-43-45-47-49-51-53-55-57-59-65(69)66-63(62-73-74(70,71)72-61-60-67(3,4)5)64(68)58-56-54-52-50-48-46-44-42-23-21-19-17-15-13-11-9-7-2/h18,20,23-25,27-28,42,48,50,56,58,63-64,68H,6-17,19,21-22,26,29-41,43-47,49,51-55,57,59-62H2,1-5H3,(H-,66,69,70,71)/p+1/b20-18-,25-24-,28-27-,42-23+,50-48+,58-56+. The first-order valence-electron chi connectivity index (χ1n) is 31.3. The summed E-state index contributed by atoms with van der Waals surface area (Å²) >= 11 is 0. The SMILES string of the molecule is CCCCCCC/C=C\C/C=C\C/C=C\CCCCCCCCCCCCCCCCCCCCCCC(=O)NC(COP(=O)(O)OCC[N+](C)(C)C)C(O)/C=C/CC/C=C/CC/C=C/CCCCCCCCC. The third-order valence-electron chi connectivity index (χ3n) is 13.9. The third kappa shape index (κ3) is 57.6. The van der Waals surface area contributed by atoms with Crippen molar-refractivity contribution in [1.82, 2.24) is 5.32 Å². The van der Waals surface area contributed by atoms with E-state index in [0.717, 1.165) is 57.8 Å². The summed E-state index contributed by atoms with van der Waals surface area (Å²) < 4.78 is 23.7. The van der Waals surface area contributed by atoms with Crippen LogP contribution < -0.4 is 5.32 Å². The summed E-state index contributed by atoms with van der Waals surface area (Å²) in [5.41, 5.74) is 0. The molecule has 0 fully saturated rings. The van der Waals surface area contributed by atoms with Crippen LogP contribution in [0.15, 0.2) is 72.9 Å². The van der Waals surface area contributed by atoms with Gasteiger partial charge in [-0.05, 0) is 83.5 Å². The monoisotopic (exact) mass is 1060 g/mol. The molecule has 0 aromatic carbocycles. The summed E-state index contributed by atoms with van der Waals surface area (Å²) in [6, 6.07) is -0.871. The Morgan fingerprint density at radius 2 is 0.784 bits per heavy atom. The fourth-order valence-electron chi connectivity index (χ4n) is 8.96. The van der Waals surface area contributed by atoms with Crippen LogP contribution in [0.5, 0.6) is 0 Å². The van der Waals surface area contributed by atoms with Crippen LogP contribution in [0.3, 0.4) is 0 Å². The molecule has 74 heavy (non-hydrogen) atoms. The average Bonchev–Trinajstić information content (AvgIpc) is 3.36. The number of allylic oxidation sites excluding steroid dienone is 11. The molecule has 9 heteroatoms. The lowest BCUT2D eigenvalue weighted by molar-refractivity contribution is -0.870. The molecule has 432 valence electrons. The molecular weight excluding hydrogens is 936 g/mol. The Hall–Kier alpha value is -2.06. The van der Waals surface area contributed by atoms with Gasteiger partial charge in [0.25, 0.3) is 0 Å². The number of rotatable bonds is 57. The fraction of sp³-hybridized carbons (Fsp3) is 0.800. The average molecular weight is 1060 g/mol. The molecule has 0 aromatic rings. The van der Waals surface area contributed by atoms with E-state index in [9.17, 15) is 19.4 Å². The maximum Gasteiger partial charge on any atom is 0.472 e. The zero-order valence-corrected chi connectivity index (χ0v) is 50.2. The molecule has 1 amide bonds. The summed E-state index contributed by atoms with van der Waals surface area (Å²) in [5, 5.41) is 13.9. The Bertz CT molecular complexity index is 1430. The number of nitrogens with zero attached hydrogens (tertiary/aromatic N) is 1. The van der Waals surface area contributed by atoms with Crippen molar-refractivity contribution in [2.75, 3.05) is 40.9 Å². The fourth-order valence-corrected chi connectivity index (χ4v) is 9.70. The lowest BCUT2D eigenvalue weighted by atomic mass is 10.0. The minimum absolute atomic E-state index is 0.0526. The number of aliphatic hydroxyl groups excluding tert-OH is 1. The highest BCUT2D eigenvalue weighted by atomic mass is 31.2. The van der Waals surface area contributed by atoms with E-state index in [2.05, 4.69) is 79.9 Å². The van der Waals surface area contributed by atoms with Crippen molar-refractivity contribution in [3.8, 4) is 0 Å². The molecule has 0 bridgehead atoms. The molecule has 0 aliphatic carbocycles. The van der Waals surface area contributed by atoms with Gasteiger partial charge in [-0.2, -0.15) is 0 Å². The number of carbonyl (C=O) groups is 1. The van der Waals surface area contributed by atoms with E-state index in [1.807, 2.05) is 27.2 Å². The van der Waals surface area contributed by atoms with E-state index >= 15 is 0 Å². The van der Waals surface area contributed by atoms with Crippen LogP contribution in [-0.2, 0) is 18.4 Å². The molecule has 0 rings (SSSR count). The number of aliphatic hydroxyl groups is 1. The normalized spacial score (nSPS) is 14.3. The largest absolute Gasteiger partial charge is 0.472 e. The summed E-state index contributed by atoms with van der Waals surface area (Å²) in [7, 11) is 1.55. The number of quaternary nitrogens is 1. The number of unbranched alkanes of at least 4 members (excludes halogenated alkanes) is 34. The second-order valence-electron chi connectivity index (χ2n) is 22.4. The van der Waals surface area contributed by atoms with Crippen LogP contribution in [-0.4, -0.2) is 73.4 Å². The third-order valence-corrected chi connectivity index (χ3v) is 14.9. The molecule has 8 nitrogen and oxygen atoms in total. The number of carbonyl (C=O) groups excluding carboxylic acids is 1. The van der Waals surface area contributed by atoms with Gasteiger partial charge in [0.05, 0.1) is 39.9 Å². The molecule has 0 aromatic heterocycles. The molecule has 0 aliphatic heterocycles. The molecule has 0 saturated heterocycles. The number of likely N-dealkylation sites (N-methyl/N-ethyl adjacent to an activating group) is 1. The first-order chi connectivity index (χ1) is 36.0. The van der Waals surface area contributed by atoms with Crippen molar-refractivity contribution in [1.29, 1.82) is 0 Å². The van der Waals surface area contributed by atoms with Crippen molar-refractivity contribution in [3.63, 3.8) is 0 Å². The van der Waals surface area contributed by atoms with Crippen LogP contribution in [0.25, 0.3) is 0 Å². The molecule has 0 spiro atoms. The Kier molecular flexibility index (Phi) is 54.1. The minimum atomic E-state index is -4.36. The summed E-state index contributed by atoms with van der Waals surface area (Å²) in [6.45, 7) is 4.78. The molecule has 3 unspecified atom stereocenters. The summed E-state index contributed by atoms with van der Waals surface area (Å²) in [5.74, 6) is -0.189. The van der Waals surface area contributed by atoms with Gasteiger partial charge in [-0.3, -0.25) is 13.8 Å². The predicted octanol–water partition coefficient (Wildman–Crippen LogP) is 19.4. The van der Waals surface area contributed by atoms with Gasteiger partial charge in [0.1, 0.15) is 13.2 Å². The van der Waals surface area contributed by atoms with E-state index in [0.29, 0.717) is 17.4 Å². The highest BCUT2D eigenvalue weighted by molar-refractivity contribution is 7.47. The van der Waals surface area contributed by atoms with Gasteiger partial charge < -0.3 is 19.8 Å². The smallest absolute Gasteiger partial charge is 0.387 e. The highest BCUT2D eigenvalue weighted by Crippen LogP contribution is 2.43. The Balaban J connectivity index is 4.06. The van der Waals surface area contributed by atoms with E-state index in [1.54, 1.807) is 6.08 Å². The van der Waals surface area contributed by atoms with Gasteiger partial charge in [0, 0.05) is 6.42 Å². The molecule has 0 heterocycles. The second kappa shape index (κ2) is 55.7.